The van der Waals surface area contributed by atoms with Crippen LogP contribution in [0.2, 0.25) is 0 Å². The van der Waals surface area contributed by atoms with Gasteiger partial charge in [0.2, 0.25) is 0 Å². The van der Waals surface area contributed by atoms with E-state index in [1.165, 1.54) is 25.9 Å². The number of aliphatic hydroxyl groups is 1. The van der Waals surface area contributed by atoms with Crippen LogP contribution < -0.4 is 10.1 Å². The van der Waals surface area contributed by atoms with Crippen LogP contribution in [0.4, 0.5) is 0 Å². The van der Waals surface area contributed by atoms with Gasteiger partial charge in [-0.3, -0.25) is 0 Å². The second-order valence-corrected chi connectivity index (χ2v) is 6.05. The van der Waals surface area contributed by atoms with Crippen molar-refractivity contribution in [2.24, 2.45) is 0 Å². The first kappa shape index (κ1) is 16.3. The summed E-state index contributed by atoms with van der Waals surface area (Å²) in [6.45, 7) is 8.57. The molecule has 2 rings (SSSR count). The number of nitrogens with one attached hydrogen (secondary N) is 1. The monoisotopic (exact) mass is 292 g/mol. The summed E-state index contributed by atoms with van der Waals surface area (Å²) in [5.41, 5.74) is 1.10. The zero-order valence-corrected chi connectivity index (χ0v) is 13.2. The van der Waals surface area contributed by atoms with Gasteiger partial charge in [0.25, 0.3) is 0 Å². The van der Waals surface area contributed by atoms with E-state index in [0.29, 0.717) is 19.2 Å². The van der Waals surface area contributed by atoms with Crippen molar-refractivity contribution in [3.63, 3.8) is 0 Å². The molecule has 0 spiro atoms. The molecule has 2 atom stereocenters. The highest BCUT2D eigenvalue weighted by atomic mass is 16.5. The van der Waals surface area contributed by atoms with Crippen LogP contribution in [-0.2, 0) is 0 Å². The summed E-state index contributed by atoms with van der Waals surface area (Å²) >= 11 is 0. The Labute approximate surface area is 128 Å². The molecule has 0 aliphatic carbocycles. The third kappa shape index (κ3) is 5.65. The predicted octanol–water partition coefficient (Wildman–Crippen LogP) is 1.81. The third-order valence-electron chi connectivity index (χ3n) is 3.96. The molecule has 0 saturated carbocycles. The second-order valence-electron chi connectivity index (χ2n) is 6.05. The molecule has 4 nitrogen and oxygen atoms in total. The number of para-hydroxylation sites is 1. The Balaban J connectivity index is 1.62. The summed E-state index contributed by atoms with van der Waals surface area (Å²) in [6, 6.07) is 8.28. The molecule has 1 aliphatic heterocycles. The lowest BCUT2D eigenvalue weighted by Crippen LogP contribution is -2.42. The number of hydrogen-bond acceptors (Lipinski definition) is 4. The Morgan fingerprint density at radius 1 is 1.29 bits per heavy atom. The van der Waals surface area contributed by atoms with Crippen LogP contribution in [0.15, 0.2) is 24.3 Å². The fraction of sp³-hybridized carbons (Fsp3) is 0.647. The topological polar surface area (TPSA) is 44.7 Å². The van der Waals surface area contributed by atoms with E-state index in [0.717, 1.165) is 17.9 Å². The second kappa shape index (κ2) is 8.37. The molecule has 1 aromatic carbocycles. The lowest BCUT2D eigenvalue weighted by Gasteiger charge is -2.22. The molecule has 0 amide bonds. The Morgan fingerprint density at radius 3 is 2.71 bits per heavy atom. The highest BCUT2D eigenvalue weighted by Crippen LogP contribution is 2.16. The average molecular weight is 292 g/mol. The van der Waals surface area contributed by atoms with Crippen LogP contribution in [0.1, 0.15) is 25.3 Å². The van der Waals surface area contributed by atoms with Gasteiger partial charge in [-0.25, -0.2) is 0 Å². The van der Waals surface area contributed by atoms with Gasteiger partial charge >= 0.3 is 0 Å². The van der Waals surface area contributed by atoms with Gasteiger partial charge in [-0.2, -0.15) is 0 Å². The molecule has 0 aromatic heterocycles. The van der Waals surface area contributed by atoms with E-state index in [-0.39, 0.29) is 0 Å². The molecule has 118 valence electrons. The van der Waals surface area contributed by atoms with Crippen molar-refractivity contribution >= 4 is 0 Å². The average Bonchev–Trinajstić information content (AvgIpc) is 2.97. The number of aliphatic hydroxyl groups excluding tert-OH is 1. The van der Waals surface area contributed by atoms with Gasteiger partial charge in [0.1, 0.15) is 18.5 Å². The number of likely N-dealkylation sites (tertiary alicyclic amines) is 1. The van der Waals surface area contributed by atoms with Gasteiger partial charge in [0.05, 0.1) is 0 Å². The maximum atomic E-state index is 10.0. The lowest BCUT2D eigenvalue weighted by atomic mass is 10.2. The molecule has 4 heteroatoms. The van der Waals surface area contributed by atoms with E-state index >= 15 is 0 Å². The summed E-state index contributed by atoms with van der Waals surface area (Å²) in [6.07, 6.45) is 2.16. The van der Waals surface area contributed by atoms with Gasteiger partial charge < -0.3 is 20.1 Å². The van der Waals surface area contributed by atoms with Crippen molar-refractivity contribution in [1.82, 2.24) is 10.2 Å². The van der Waals surface area contributed by atoms with E-state index in [1.807, 2.05) is 31.2 Å². The Morgan fingerprint density at radius 2 is 2.00 bits per heavy atom. The quantitative estimate of drug-likeness (QED) is 0.767. The third-order valence-corrected chi connectivity index (χ3v) is 3.96. The van der Waals surface area contributed by atoms with E-state index < -0.39 is 6.10 Å². The molecule has 1 aliphatic rings. The highest BCUT2D eigenvalue weighted by molar-refractivity contribution is 5.31. The van der Waals surface area contributed by atoms with Crippen LogP contribution in [0, 0.1) is 6.92 Å². The summed E-state index contributed by atoms with van der Waals surface area (Å²) < 4.78 is 5.66. The number of nitrogens with zero attached hydrogens (tertiary/aromatic N) is 1. The lowest BCUT2D eigenvalue weighted by molar-refractivity contribution is 0.102. The molecule has 2 unspecified atom stereocenters. The largest absolute Gasteiger partial charge is 0.491 e. The summed E-state index contributed by atoms with van der Waals surface area (Å²) in [4.78, 5) is 2.48. The SMILES string of the molecule is Cc1ccccc1OCC(O)CNC(C)CN1CCCC1. The summed E-state index contributed by atoms with van der Waals surface area (Å²) in [7, 11) is 0. The number of benzene rings is 1. The molecule has 1 heterocycles. The molecule has 1 saturated heterocycles. The van der Waals surface area contributed by atoms with Gasteiger partial charge in [-0.1, -0.05) is 18.2 Å². The smallest absolute Gasteiger partial charge is 0.122 e. The molecular weight excluding hydrogens is 264 g/mol. The molecule has 1 fully saturated rings. The first-order chi connectivity index (χ1) is 10.1. The Hall–Kier alpha value is -1.10. The van der Waals surface area contributed by atoms with Crippen LogP contribution in [0.5, 0.6) is 5.75 Å². The van der Waals surface area contributed by atoms with Crippen molar-refractivity contribution in [2.45, 2.75) is 38.8 Å². The molecule has 0 bridgehead atoms. The minimum Gasteiger partial charge on any atom is -0.491 e. The maximum absolute atomic E-state index is 10.0. The number of aryl methyl sites for hydroxylation is 1. The van der Waals surface area contributed by atoms with E-state index in [1.54, 1.807) is 0 Å². The highest BCUT2D eigenvalue weighted by Gasteiger charge is 2.15. The first-order valence-electron chi connectivity index (χ1n) is 7.97. The zero-order chi connectivity index (χ0) is 15.1. The molecular formula is C17H28N2O2. The van der Waals surface area contributed by atoms with E-state index in [4.69, 9.17) is 4.74 Å². The van der Waals surface area contributed by atoms with E-state index in [9.17, 15) is 5.11 Å². The molecule has 0 radical (unpaired) electrons. The van der Waals surface area contributed by atoms with Crippen LogP contribution >= 0.6 is 0 Å². The standard InChI is InChI=1S/C17H28N2O2/c1-14-7-3-4-8-17(14)21-13-16(20)11-18-15(2)12-19-9-5-6-10-19/h3-4,7-8,15-16,18,20H,5-6,9-13H2,1-2H3. The normalized spacial score (nSPS) is 18.6. The minimum absolute atomic E-state index is 0.328. The number of ether oxygens (including phenoxy) is 1. The molecule has 1 aromatic rings. The molecule has 2 N–H and O–H groups in total. The summed E-state index contributed by atoms with van der Waals surface area (Å²) in [5.74, 6) is 0.849. The van der Waals surface area contributed by atoms with Crippen LogP contribution in [0.25, 0.3) is 0 Å². The van der Waals surface area contributed by atoms with Crippen molar-refractivity contribution in [1.29, 1.82) is 0 Å². The van der Waals surface area contributed by atoms with Crippen LogP contribution in [0.3, 0.4) is 0 Å². The molecule has 21 heavy (non-hydrogen) atoms. The fourth-order valence-corrected chi connectivity index (χ4v) is 2.72. The minimum atomic E-state index is -0.481. The Bertz CT molecular complexity index is 419. The van der Waals surface area contributed by atoms with Gasteiger partial charge in [0, 0.05) is 19.1 Å². The van der Waals surface area contributed by atoms with Crippen molar-refractivity contribution < 1.29 is 9.84 Å². The zero-order valence-electron chi connectivity index (χ0n) is 13.2. The van der Waals surface area contributed by atoms with Crippen LogP contribution in [-0.4, -0.2) is 54.9 Å². The van der Waals surface area contributed by atoms with Gasteiger partial charge in [0.15, 0.2) is 0 Å². The fourth-order valence-electron chi connectivity index (χ4n) is 2.72. The van der Waals surface area contributed by atoms with E-state index in [2.05, 4.69) is 17.1 Å². The van der Waals surface area contributed by atoms with Crippen molar-refractivity contribution in [2.75, 3.05) is 32.8 Å². The number of rotatable bonds is 8. The number of hydrogen-bond donors (Lipinski definition) is 2. The maximum Gasteiger partial charge on any atom is 0.122 e. The predicted molar refractivity (Wildman–Crippen MR) is 85.8 cm³/mol. The van der Waals surface area contributed by atoms with Gasteiger partial charge in [-0.15, -0.1) is 0 Å². The van der Waals surface area contributed by atoms with Gasteiger partial charge in [-0.05, 0) is 51.4 Å². The van der Waals surface area contributed by atoms with Crippen molar-refractivity contribution in [3.05, 3.63) is 29.8 Å². The summed E-state index contributed by atoms with van der Waals surface area (Å²) in [5, 5.41) is 13.4. The first-order valence-corrected chi connectivity index (χ1v) is 7.97. The van der Waals surface area contributed by atoms with Crippen molar-refractivity contribution in [3.8, 4) is 5.75 Å². The Kier molecular flexibility index (Phi) is 6.49.